The van der Waals surface area contributed by atoms with Crippen molar-refractivity contribution in [2.24, 2.45) is 0 Å². The van der Waals surface area contributed by atoms with Crippen molar-refractivity contribution in [2.75, 3.05) is 48.5 Å². The Hall–Kier alpha value is -3.52. The van der Waals surface area contributed by atoms with E-state index in [1.165, 1.54) is 19.1 Å². The molecule has 1 aliphatic heterocycles. The van der Waals surface area contributed by atoms with Gasteiger partial charge in [0.05, 0.1) is 38.5 Å². The van der Waals surface area contributed by atoms with Crippen molar-refractivity contribution in [3.05, 3.63) is 59.2 Å². The first kappa shape index (κ1) is 24.1. The van der Waals surface area contributed by atoms with Gasteiger partial charge in [0, 0.05) is 12.6 Å². The molecule has 0 saturated carbocycles. The number of Topliss-reactive ketones (excluding diaryl/α,β-unsaturated/α-hetero) is 1. The Kier molecular flexibility index (Phi) is 7.60. The fraction of sp³-hybridized carbons (Fsp3) is 0.360. The van der Waals surface area contributed by atoms with E-state index in [9.17, 15) is 14.7 Å². The van der Waals surface area contributed by atoms with Crippen LogP contribution in [0.15, 0.2) is 48.0 Å². The molecule has 8 heteroatoms. The van der Waals surface area contributed by atoms with Gasteiger partial charge in [0.25, 0.3) is 11.7 Å². The number of methoxy groups -OCH3 is 3. The van der Waals surface area contributed by atoms with E-state index in [1.54, 1.807) is 49.6 Å². The summed E-state index contributed by atoms with van der Waals surface area (Å²) in [5.74, 6) is -0.123. The van der Waals surface area contributed by atoms with E-state index in [1.807, 2.05) is 19.0 Å². The Morgan fingerprint density at radius 3 is 2.18 bits per heavy atom. The van der Waals surface area contributed by atoms with Crippen molar-refractivity contribution in [1.82, 2.24) is 9.80 Å². The minimum Gasteiger partial charge on any atom is -0.507 e. The Morgan fingerprint density at radius 2 is 1.61 bits per heavy atom. The van der Waals surface area contributed by atoms with Gasteiger partial charge in [0.1, 0.15) is 23.0 Å². The number of likely N-dealkylation sites (tertiary alicyclic amines) is 1. The standard InChI is InChI=1S/C25H30N2O6/c1-26(2)13-6-14-27-22(16-7-9-17(31-3)10-8-16)21(24(29)25(27)30)23(28)19-12-11-18(32-4)15-20(19)33-5/h7-12,15,22,28H,6,13-14H2,1-5H3/b23-21+. The molecular formula is C25H30N2O6. The molecule has 0 bridgehead atoms. The summed E-state index contributed by atoms with van der Waals surface area (Å²) in [5, 5.41) is 11.3. The summed E-state index contributed by atoms with van der Waals surface area (Å²) in [6.07, 6.45) is 0.679. The molecule has 1 amide bonds. The summed E-state index contributed by atoms with van der Waals surface area (Å²) in [6.45, 7) is 1.13. The summed E-state index contributed by atoms with van der Waals surface area (Å²) in [4.78, 5) is 29.7. The highest BCUT2D eigenvalue weighted by Gasteiger charge is 2.46. The van der Waals surface area contributed by atoms with E-state index < -0.39 is 17.7 Å². The van der Waals surface area contributed by atoms with Crippen LogP contribution in [0.2, 0.25) is 0 Å². The summed E-state index contributed by atoms with van der Waals surface area (Å²) in [5.41, 5.74) is 1.04. The number of ketones is 1. The molecule has 1 fully saturated rings. The van der Waals surface area contributed by atoms with Crippen molar-refractivity contribution in [2.45, 2.75) is 12.5 Å². The molecule has 1 aliphatic rings. The van der Waals surface area contributed by atoms with Crippen LogP contribution >= 0.6 is 0 Å². The number of nitrogens with zero attached hydrogens (tertiary/aromatic N) is 2. The lowest BCUT2D eigenvalue weighted by atomic mass is 9.95. The van der Waals surface area contributed by atoms with Crippen molar-refractivity contribution < 1.29 is 28.9 Å². The summed E-state index contributed by atoms with van der Waals surface area (Å²) in [6, 6.07) is 11.3. The smallest absolute Gasteiger partial charge is 0.295 e. The van der Waals surface area contributed by atoms with Gasteiger partial charge in [-0.3, -0.25) is 9.59 Å². The lowest BCUT2D eigenvalue weighted by Crippen LogP contribution is -2.32. The number of rotatable bonds is 9. The molecule has 1 heterocycles. The SMILES string of the molecule is COc1ccc(C2/C(=C(\O)c3ccc(OC)cc3OC)C(=O)C(=O)N2CCCN(C)C)cc1. The number of aliphatic hydroxyl groups is 1. The highest BCUT2D eigenvalue weighted by Crippen LogP contribution is 2.41. The molecule has 0 spiro atoms. The van der Waals surface area contributed by atoms with E-state index in [0.29, 0.717) is 41.3 Å². The number of hydrogen-bond acceptors (Lipinski definition) is 7. The minimum atomic E-state index is -0.732. The number of aliphatic hydroxyl groups excluding tert-OH is 1. The summed E-state index contributed by atoms with van der Waals surface area (Å²) >= 11 is 0. The second kappa shape index (κ2) is 10.4. The zero-order valence-corrected chi connectivity index (χ0v) is 19.6. The van der Waals surface area contributed by atoms with Gasteiger partial charge in [-0.15, -0.1) is 0 Å². The van der Waals surface area contributed by atoms with Crippen LogP contribution < -0.4 is 14.2 Å². The molecule has 33 heavy (non-hydrogen) atoms. The molecule has 1 saturated heterocycles. The number of hydrogen-bond donors (Lipinski definition) is 1. The molecule has 8 nitrogen and oxygen atoms in total. The molecule has 0 radical (unpaired) electrons. The molecule has 0 aliphatic carbocycles. The first-order valence-electron chi connectivity index (χ1n) is 10.6. The van der Waals surface area contributed by atoms with E-state index >= 15 is 0 Å². The Bertz CT molecular complexity index is 1050. The highest BCUT2D eigenvalue weighted by molar-refractivity contribution is 6.46. The topological polar surface area (TPSA) is 88.5 Å². The van der Waals surface area contributed by atoms with E-state index in [2.05, 4.69) is 0 Å². The van der Waals surface area contributed by atoms with Gasteiger partial charge in [-0.2, -0.15) is 0 Å². The molecule has 1 N–H and O–H groups in total. The predicted molar refractivity (Wildman–Crippen MR) is 125 cm³/mol. The zero-order chi connectivity index (χ0) is 24.1. The van der Waals surface area contributed by atoms with Crippen LogP contribution in [0.1, 0.15) is 23.6 Å². The second-order valence-corrected chi connectivity index (χ2v) is 7.99. The lowest BCUT2D eigenvalue weighted by Gasteiger charge is -2.26. The van der Waals surface area contributed by atoms with Crippen molar-refractivity contribution >= 4 is 17.4 Å². The second-order valence-electron chi connectivity index (χ2n) is 7.99. The molecular weight excluding hydrogens is 424 g/mol. The van der Waals surface area contributed by atoms with Crippen molar-refractivity contribution in [1.29, 1.82) is 0 Å². The van der Waals surface area contributed by atoms with Gasteiger partial charge in [-0.1, -0.05) is 12.1 Å². The first-order valence-corrected chi connectivity index (χ1v) is 10.6. The predicted octanol–water partition coefficient (Wildman–Crippen LogP) is 3.09. The Morgan fingerprint density at radius 1 is 0.970 bits per heavy atom. The molecule has 2 aromatic rings. The lowest BCUT2D eigenvalue weighted by molar-refractivity contribution is -0.139. The maximum Gasteiger partial charge on any atom is 0.295 e. The molecule has 1 unspecified atom stereocenters. The average molecular weight is 455 g/mol. The van der Waals surface area contributed by atoms with Gasteiger partial charge in [-0.05, 0) is 56.9 Å². The third-order valence-electron chi connectivity index (χ3n) is 5.64. The van der Waals surface area contributed by atoms with Crippen LogP contribution in [-0.2, 0) is 9.59 Å². The molecule has 3 rings (SSSR count). The maximum atomic E-state index is 13.1. The fourth-order valence-corrected chi connectivity index (χ4v) is 3.94. The van der Waals surface area contributed by atoms with Crippen LogP contribution in [0.5, 0.6) is 17.2 Å². The normalized spacial score (nSPS) is 17.5. The Labute approximate surface area is 194 Å². The zero-order valence-electron chi connectivity index (χ0n) is 19.6. The van der Waals surface area contributed by atoms with Crippen LogP contribution in [0.4, 0.5) is 0 Å². The van der Waals surface area contributed by atoms with E-state index in [4.69, 9.17) is 14.2 Å². The van der Waals surface area contributed by atoms with Gasteiger partial charge in [0.15, 0.2) is 0 Å². The fourth-order valence-electron chi connectivity index (χ4n) is 3.94. The monoisotopic (exact) mass is 454 g/mol. The van der Waals surface area contributed by atoms with Crippen LogP contribution in [-0.4, -0.2) is 75.1 Å². The third kappa shape index (κ3) is 4.96. The number of ether oxygens (including phenoxy) is 3. The molecule has 2 aromatic carbocycles. The number of carbonyl (C=O) groups is 2. The number of benzene rings is 2. The number of carbonyl (C=O) groups excluding carboxylic acids is 2. The average Bonchev–Trinajstić information content (AvgIpc) is 3.08. The van der Waals surface area contributed by atoms with E-state index in [0.717, 1.165) is 6.54 Å². The largest absolute Gasteiger partial charge is 0.507 e. The molecule has 176 valence electrons. The highest BCUT2D eigenvalue weighted by atomic mass is 16.5. The van der Waals surface area contributed by atoms with Crippen LogP contribution in [0.25, 0.3) is 5.76 Å². The van der Waals surface area contributed by atoms with Crippen molar-refractivity contribution in [3.63, 3.8) is 0 Å². The van der Waals surface area contributed by atoms with Gasteiger partial charge >= 0.3 is 0 Å². The first-order chi connectivity index (χ1) is 15.8. The maximum absolute atomic E-state index is 13.1. The third-order valence-corrected chi connectivity index (χ3v) is 5.64. The minimum absolute atomic E-state index is 0.0264. The molecule has 1 atom stereocenters. The van der Waals surface area contributed by atoms with Crippen molar-refractivity contribution in [3.8, 4) is 17.2 Å². The quantitative estimate of drug-likeness (QED) is 0.354. The Balaban J connectivity index is 2.13. The summed E-state index contributed by atoms with van der Waals surface area (Å²) < 4.78 is 15.9. The molecule has 0 aromatic heterocycles. The van der Waals surface area contributed by atoms with Crippen LogP contribution in [0, 0.1) is 0 Å². The van der Waals surface area contributed by atoms with Gasteiger partial charge < -0.3 is 29.1 Å². The van der Waals surface area contributed by atoms with Gasteiger partial charge in [-0.25, -0.2) is 0 Å². The number of amides is 1. The van der Waals surface area contributed by atoms with E-state index in [-0.39, 0.29) is 11.3 Å². The van der Waals surface area contributed by atoms with Gasteiger partial charge in [0.2, 0.25) is 0 Å². The summed E-state index contributed by atoms with van der Waals surface area (Å²) in [7, 11) is 8.46. The van der Waals surface area contributed by atoms with Crippen LogP contribution in [0.3, 0.4) is 0 Å².